The fourth-order valence-corrected chi connectivity index (χ4v) is 12.8. The Hall–Kier alpha value is -7.74. The first-order valence-electron chi connectivity index (χ1n) is 27.9. The number of carbonyl (C=O) groups is 8. The van der Waals surface area contributed by atoms with Gasteiger partial charge in [-0.05, 0) is 60.1 Å². The van der Waals surface area contributed by atoms with Gasteiger partial charge in [0.15, 0.2) is 59.0 Å². The number of halogens is 2. The van der Waals surface area contributed by atoms with Crippen molar-refractivity contribution in [3.05, 3.63) is 67.3 Å². The molecular weight excluding hydrogens is 1290 g/mol. The average Bonchev–Trinajstić information content (AvgIpc) is 1.63. The molecule has 3 saturated heterocycles. The van der Waals surface area contributed by atoms with Crippen molar-refractivity contribution in [1.82, 2.24) is 59.5 Å². The molecule has 4 aromatic heterocycles. The Morgan fingerprint density at radius 2 is 1.41 bits per heavy atom. The molecule has 5 aromatic rings. The lowest BCUT2D eigenvalue weighted by Crippen LogP contribution is -2.46. The number of nitrogen functional groups attached to an aromatic ring is 1. The molecule has 0 radical (unpaired) electrons. The fourth-order valence-electron chi connectivity index (χ4n) is 9.91. The molecule has 12 atom stereocenters. The number of hydrogen-bond donors (Lipinski definition) is 8. The summed E-state index contributed by atoms with van der Waals surface area (Å²) >= 11 is 10.5. The van der Waals surface area contributed by atoms with Crippen molar-refractivity contribution in [3.63, 3.8) is 0 Å². The van der Waals surface area contributed by atoms with Crippen molar-refractivity contribution >= 4 is 124 Å². The van der Waals surface area contributed by atoms with E-state index in [0.29, 0.717) is 11.3 Å². The van der Waals surface area contributed by atoms with Crippen LogP contribution < -0.4 is 32.7 Å². The molecule has 10 N–H and O–H groups in total. The van der Waals surface area contributed by atoms with Crippen LogP contribution in [0.1, 0.15) is 57.6 Å². The smallest absolute Gasteiger partial charge is 0.412 e. The van der Waals surface area contributed by atoms with E-state index >= 15 is 8.78 Å². The lowest BCUT2D eigenvalue weighted by molar-refractivity contribution is -0.137. The van der Waals surface area contributed by atoms with E-state index in [0.717, 1.165) is 45.5 Å². The van der Waals surface area contributed by atoms with Gasteiger partial charge in [-0.1, -0.05) is 26.0 Å². The van der Waals surface area contributed by atoms with Gasteiger partial charge < -0.3 is 70.1 Å². The van der Waals surface area contributed by atoms with E-state index in [1.165, 1.54) is 17.9 Å². The monoisotopic (exact) mass is 1350 g/mol. The number of ether oxygens (including phenoxy) is 4. The van der Waals surface area contributed by atoms with E-state index in [9.17, 15) is 48.1 Å². The maximum Gasteiger partial charge on any atom is 0.412 e. The number of imide groups is 1. The summed E-state index contributed by atoms with van der Waals surface area (Å²) in [5, 5.41) is 10.3. The third-order valence-corrected chi connectivity index (χ3v) is 17.7. The van der Waals surface area contributed by atoms with Crippen molar-refractivity contribution < 1.29 is 94.0 Å². The number of urea groups is 1. The van der Waals surface area contributed by atoms with Gasteiger partial charge in [-0.3, -0.25) is 52.4 Å². The van der Waals surface area contributed by atoms with Crippen molar-refractivity contribution in [3.8, 4) is 0 Å². The maximum absolute atomic E-state index is 16.7. The Balaban J connectivity index is 0.738. The zero-order valence-electron chi connectivity index (χ0n) is 48.4. The van der Waals surface area contributed by atoms with Crippen LogP contribution in [0.4, 0.5) is 40.5 Å². The number of Topliss-reactive ketones (excluding diaryl/α,β-unsaturated/α-hetero) is 1. The minimum absolute atomic E-state index is 0.0125. The van der Waals surface area contributed by atoms with Gasteiger partial charge in [0.2, 0.25) is 11.8 Å². The number of fused-ring (bicyclic) bond motifs is 4. The van der Waals surface area contributed by atoms with E-state index in [1.54, 1.807) is 38.1 Å². The lowest BCUT2D eigenvalue weighted by atomic mass is 9.89. The predicted octanol–water partition coefficient (Wildman–Crippen LogP) is 2.21. The SMILES string of the molecule is CC(C)[C@H](NC(=O)CCN1C(=O)C=CC1=O)C(=O)C[C@@H](CCCNC(N)=O)C(=O)Nc1ccc(COC(=O)N(C)CCOC(=O)Nc2ncnc3c2ncn3[C@@H]2O[C@@H]3COP(O)(=S)O[C@H]4[C@@H](F)[C@H](n5cnc6c(N)ncnc65)O[C@@H]4COP(O)(=S)O[C@H]3[C@H]2F)cc1. The Morgan fingerprint density at radius 3 is 2.00 bits per heavy atom. The molecule has 40 heteroatoms. The summed E-state index contributed by atoms with van der Waals surface area (Å²) in [5.74, 6) is -4.13. The average molecular weight is 1350 g/mol. The lowest BCUT2D eigenvalue weighted by Gasteiger charge is -2.29. The first-order valence-corrected chi connectivity index (χ1v) is 33.1. The highest BCUT2D eigenvalue weighted by molar-refractivity contribution is 8.07. The minimum Gasteiger partial charge on any atom is -0.447 e. The third kappa shape index (κ3) is 16.7. The number of rotatable bonds is 22. The van der Waals surface area contributed by atoms with Crippen LogP contribution in [0, 0.1) is 11.8 Å². The highest BCUT2D eigenvalue weighted by atomic mass is 32.5. The number of hydrogen-bond acceptors (Lipinski definition) is 25. The summed E-state index contributed by atoms with van der Waals surface area (Å²) in [6.07, 6.45) is -9.01. The second-order valence-corrected chi connectivity index (χ2v) is 26.8. The summed E-state index contributed by atoms with van der Waals surface area (Å²) in [6, 6.07) is 4.50. The number of nitrogens with one attached hydrogen (secondary N) is 4. The van der Waals surface area contributed by atoms with Gasteiger partial charge in [-0.2, -0.15) is 0 Å². The van der Waals surface area contributed by atoms with E-state index in [-0.39, 0.29) is 92.5 Å². The number of nitrogens with zero attached hydrogens (tertiary/aromatic N) is 10. The molecule has 0 spiro atoms. The number of carbonyl (C=O) groups excluding carboxylic acids is 8. The van der Waals surface area contributed by atoms with Crippen molar-refractivity contribution in [2.24, 2.45) is 17.6 Å². The molecule has 1 aromatic carbocycles. The number of alkyl halides is 2. The standard InChI is InChI=1S/C51H62F2N16O18P2S2/c1-25(2)37(64-32(71)12-14-67-33(72)10-11-34(67)73)29(70)17-27(5-4-13-56-49(55)75)46(74)63-28-8-6-26(7-9-28)18-81-51(77)66(3)15-16-80-50(76)65-43-39-45(60-22-58-43)69(24-62-39)48-36(53)41-31(85-48)20-83-88(78,90)86-40-30(19-82-89(79,91)87-41)84-47(35(40)52)68-23-61-38-42(54)57-21-59-44(38)68/h6-11,21-25,27,30-31,35-37,40-41,47-48H,4-5,12-20H2,1-3H3,(H,63,74)(H,64,71)(H,78,90)(H,79,91)(H2,54,57,59)(H3,55,56,75)(H,58,60,65,76)/t27-,30-,31-,35-,36-,37+,40-,41-,47-,48-,88?,89?/m1/s1. The van der Waals surface area contributed by atoms with Crippen LogP contribution in [-0.2, 0) is 91.2 Å². The Morgan fingerprint density at radius 1 is 0.824 bits per heavy atom. The van der Waals surface area contributed by atoms with Crippen molar-refractivity contribution in [2.45, 2.75) is 101 Å². The second kappa shape index (κ2) is 29.3. The van der Waals surface area contributed by atoms with Crippen LogP contribution in [0.15, 0.2) is 61.7 Å². The summed E-state index contributed by atoms with van der Waals surface area (Å²) < 4.78 is 80.4. The van der Waals surface area contributed by atoms with Gasteiger partial charge in [-0.15, -0.1) is 0 Å². The van der Waals surface area contributed by atoms with Gasteiger partial charge in [0.25, 0.3) is 11.8 Å². The van der Waals surface area contributed by atoms with Gasteiger partial charge >= 0.3 is 31.7 Å². The number of likely N-dealkylation sites (N-methyl/N-ethyl adjacent to an activating group) is 1. The maximum atomic E-state index is 16.7. The third-order valence-electron chi connectivity index (χ3n) is 14.6. The van der Waals surface area contributed by atoms with E-state index < -0.39 is 141 Å². The molecule has 4 aliphatic rings. The Bertz CT molecular complexity index is 3690. The molecule has 0 bridgehead atoms. The first kappa shape index (κ1) is 67.6. The molecule has 0 saturated carbocycles. The molecule has 8 amide bonds. The van der Waals surface area contributed by atoms with Crippen LogP contribution in [0.3, 0.4) is 0 Å². The largest absolute Gasteiger partial charge is 0.447 e. The van der Waals surface area contributed by atoms with Crippen molar-refractivity contribution in [1.29, 1.82) is 0 Å². The molecule has 0 aliphatic carbocycles. The topological polar surface area (TPSA) is 445 Å². The van der Waals surface area contributed by atoms with E-state index in [2.05, 4.69) is 51.2 Å². The van der Waals surface area contributed by atoms with Crippen LogP contribution in [0.25, 0.3) is 22.3 Å². The number of nitrogens with two attached hydrogens (primary N) is 2. The zero-order valence-corrected chi connectivity index (χ0v) is 51.8. The zero-order chi connectivity index (χ0) is 65.5. The number of imidazole rings is 2. The molecule has 2 unspecified atom stereocenters. The molecule has 9 rings (SSSR count). The van der Waals surface area contributed by atoms with Crippen LogP contribution in [0.2, 0.25) is 0 Å². The molecule has 4 aliphatic heterocycles. The molecule has 34 nitrogen and oxygen atoms in total. The predicted molar refractivity (Wildman–Crippen MR) is 317 cm³/mol. The number of ketones is 1. The molecule has 91 heavy (non-hydrogen) atoms. The Labute approximate surface area is 524 Å². The van der Waals surface area contributed by atoms with Crippen molar-refractivity contribution in [2.75, 3.05) is 62.9 Å². The van der Waals surface area contributed by atoms with E-state index in [1.807, 2.05) is 0 Å². The number of aromatic nitrogens is 8. The molecule has 3 fully saturated rings. The van der Waals surface area contributed by atoms with E-state index in [4.69, 9.17) is 72.1 Å². The highest BCUT2D eigenvalue weighted by Gasteiger charge is 2.54. The highest BCUT2D eigenvalue weighted by Crippen LogP contribution is 2.55. The summed E-state index contributed by atoms with van der Waals surface area (Å²) in [5.41, 5.74) is 12.1. The van der Waals surface area contributed by atoms with Crippen LogP contribution in [-0.4, -0.2) is 196 Å². The summed E-state index contributed by atoms with van der Waals surface area (Å²) in [4.78, 5) is 150. The number of amides is 8. The van der Waals surface area contributed by atoms with Crippen LogP contribution in [0.5, 0.6) is 0 Å². The first-order chi connectivity index (χ1) is 43.3. The second-order valence-electron chi connectivity index (χ2n) is 21.2. The molecule has 490 valence electrons. The van der Waals surface area contributed by atoms with Gasteiger partial charge in [0.1, 0.15) is 55.8 Å². The van der Waals surface area contributed by atoms with Crippen LogP contribution >= 0.6 is 13.4 Å². The number of primary amides is 1. The minimum atomic E-state index is -4.43. The van der Waals surface area contributed by atoms with Gasteiger partial charge in [-0.25, -0.2) is 53.1 Å². The normalized spacial score (nSPS) is 25.6. The number of benzene rings is 1. The molecule has 8 heterocycles. The van der Waals surface area contributed by atoms with Gasteiger partial charge in [0.05, 0.1) is 38.5 Å². The fraction of sp³-hybridized carbons (Fsp3) is 0.490. The number of anilines is 3. The quantitative estimate of drug-likeness (QED) is 0.0280. The summed E-state index contributed by atoms with van der Waals surface area (Å²) in [6.45, 7) is -7.61. The molecular formula is C51H62F2N16O18P2S2. The summed E-state index contributed by atoms with van der Waals surface area (Å²) in [7, 11) is 1.39. The Kier molecular flexibility index (Phi) is 21.7. The van der Waals surface area contributed by atoms with Gasteiger partial charge in [0, 0.05) is 56.7 Å².